The second-order valence-corrected chi connectivity index (χ2v) is 6.15. The number of carbonyl (C=O) groups is 1. The fraction of sp³-hybridized carbons (Fsp3) is 0.294. The van der Waals surface area contributed by atoms with Crippen LogP contribution in [0.4, 0.5) is 0 Å². The zero-order valence-corrected chi connectivity index (χ0v) is 14.6. The van der Waals surface area contributed by atoms with Crippen LogP contribution in [0.1, 0.15) is 23.7 Å². The first-order chi connectivity index (χ1) is 12.1. The summed E-state index contributed by atoms with van der Waals surface area (Å²) >= 11 is 5.99. The van der Waals surface area contributed by atoms with E-state index < -0.39 is 0 Å². The Balaban J connectivity index is 1.66. The molecule has 0 aliphatic heterocycles. The summed E-state index contributed by atoms with van der Waals surface area (Å²) < 4.78 is 3.30. The van der Waals surface area contributed by atoms with Crippen LogP contribution in [-0.4, -0.2) is 30.5 Å². The Morgan fingerprint density at radius 2 is 2.08 bits per heavy atom. The van der Waals surface area contributed by atoms with Crippen LogP contribution in [0.15, 0.2) is 49.2 Å². The molecule has 1 N–H and O–H groups in total. The number of aryl methyl sites for hydroxylation is 2. The summed E-state index contributed by atoms with van der Waals surface area (Å²) in [4.78, 5) is 16.4. The molecule has 7 nitrogen and oxygen atoms in total. The molecule has 2 heterocycles. The van der Waals surface area contributed by atoms with Gasteiger partial charge in [-0.05, 0) is 18.9 Å². The Kier molecular flexibility index (Phi) is 5.45. The third-order valence-electron chi connectivity index (χ3n) is 3.84. The quantitative estimate of drug-likeness (QED) is 0.703. The molecule has 2 aromatic heterocycles. The van der Waals surface area contributed by atoms with Crippen molar-refractivity contribution >= 4 is 17.5 Å². The second-order valence-electron chi connectivity index (χ2n) is 5.74. The summed E-state index contributed by atoms with van der Waals surface area (Å²) in [6, 6.07) is 9.75. The molecule has 3 rings (SSSR count). The fourth-order valence-electron chi connectivity index (χ4n) is 2.58. The minimum absolute atomic E-state index is 0.119. The zero-order chi connectivity index (χ0) is 17.6. The zero-order valence-electron chi connectivity index (χ0n) is 13.8. The van der Waals surface area contributed by atoms with Gasteiger partial charge in [-0.25, -0.2) is 4.98 Å². The van der Waals surface area contributed by atoms with E-state index in [1.54, 1.807) is 21.9 Å². The summed E-state index contributed by atoms with van der Waals surface area (Å²) in [6.45, 7) is 2.59. The van der Waals surface area contributed by atoms with Crippen LogP contribution in [-0.2, 0) is 17.9 Å². The SMILES string of the molecule is Cc1nn(CC(=O)N[C@@H](CCn2cncn2)c2ccccc2)cc1Cl. The molecule has 1 aromatic carbocycles. The van der Waals surface area contributed by atoms with Crippen molar-refractivity contribution in [1.82, 2.24) is 29.9 Å². The van der Waals surface area contributed by atoms with E-state index in [0.717, 1.165) is 5.56 Å². The van der Waals surface area contributed by atoms with E-state index in [1.165, 1.54) is 6.33 Å². The number of carbonyl (C=O) groups excluding carboxylic acids is 1. The molecule has 0 bridgehead atoms. The molecule has 3 aromatic rings. The molecule has 0 spiro atoms. The third kappa shape index (κ3) is 4.67. The largest absolute Gasteiger partial charge is 0.348 e. The lowest BCUT2D eigenvalue weighted by Crippen LogP contribution is -2.32. The van der Waals surface area contributed by atoms with Gasteiger partial charge in [-0.2, -0.15) is 10.2 Å². The molecule has 0 unspecified atom stereocenters. The van der Waals surface area contributed by atoms with Crippen LogP contribution in [0.2, 0.25) is 5.02 Å². The van der Waals surface area contributed by atoms with Gasteiger partial charge in [0.15, 0.2) is 0 Å². The fourth-order valence-corrected chi connectivity index (χ4v) is 2.73. The van der Waals surface area contributed by atoms with Gasteiger partial charge in [0.25, 0.3) is 0 Å². The molecule has 0 saturated carbocycles. The summed E-state index contributed by atoms with van der Waals surface area (Å²) in [5.41, 5.74) is 1.76. The number of halogens is 1. The number of aromatic nitrogens is 5. The van der Waals surface area contributed by atoms with Crippen LogP contribution < -0.4 is 5.32 Å². The number of hydrogen-bond acceptors (Lipinski definition) is 4. The minimum Gasteiger partial charge on any atom is -0.348 e. The van der Waals surface area contributed by atoms with Gasteiger partial charge < -0.3 is 5.32 Å². The predicted molar refractivity (Wildman–Crippen MR) is 93.9 cm³/mol. The highest BCUT2D eigenvalue weighted by molar-refractivity contribution is 6.31. The first-order valence-electron chi connectivity index (χ1n) is 7.98. The molecular formula is C17H19ClN6O. The molecule has 25 heavy (non-hydrogen) atoms. The maximum atomic E-state index is 12.4. The summed E-state index contributed by atoms with van der Waals surface area (Å²) in [5, 5.41) is 11.9. The first kappa shape index (κ1) is 17.2. The monoisotopic (exact) mass is 358 g/mol. The first-order valence-corrected chi connectivity index (χ1v) is 8.36. The van der Waals surface area contributed by atoms with E-state index in [0.29, 0.717) is 23.7 Å². The van der Waals surface area contributed by atoms with Gasteiger partial charge in [-0.1, -0.05) is 41.9 Å². The van der Waals surface area contributed by atoms with Crippen LogP contribution >= 0.6 is 11.6 Å². The van der Waals surface area contributed by atoms with Crippen molar-refractivity contribution in [2.75, 3.05) is 0 Å². The molecule has 130 valence electrons. The molecule has 0 radical (unpaired) electrons. The van der Waals surface area contributed by atoms with E-state index in [-0.39, 0.29) is 18.5 Å². The van der Waals surface area contributed by atoms with Crippen molar-refractivity contribution in [3.05, 3.63) is 65.5 Å². The van der Waals surface area contributed by atoms with Crippen molar-refractivity contribution < 1.29 is 4.79 Å². The van der Waals surface area contributed by atoms with E-state index in [4.69, 9.17) is 11.6 Å². The number of nitrogens with zero attached hydrogens (tertiary/aromatic N) is 5. The van der Waals surface area contributed by atoms with Gasteiger partial charge in [0.1, 0.15) is 19.2 Å². The second kappa shape index (κ2) is 7.94. The maximum absolute atomic E-state index is 12.4. The molecular weight excluding hydrogens is 340 g/mol. The average molecular weight is 359 g/mol. The normalized spacial score (nSPS) is 12.1. The molecule has 8 heteroatoms. The van der Waals surface area contributed by atoms with Crippen molar-refractivity contribution in [3.8, 4) is 0 Å². The Labute approximate surface area is 150 Å². The van der Waals surface area contributed by atoms with E-state index >= 15 is 0 Å². The number of amides is 1. The standard InChI is InChI=1S/C17H19ClN6O/c1-13-15(18)9-24(22-13)10-17(25)21-16(14-5-3-2-4-6-14)7-8-23-12-19-11-20-23/h2-6,9,11-12,16H,7-8,10H2,1H3,(H,21,25)/t16-/m0/s1. The number of nitrogens with one attached hydrogen (secondary N) is 1. The highest BCUT2D eigenvalue weighted by Crippen LogP contribution is 2.18. The van der Waals surface area contributed by atoms with Crippen molar-refractivity contribution in [3.63, 3.8) is 0 Å². The molecule has 0 aliphatic rings. The highest BCUT2D eigenvalue weighted by Gasteiger charge is 2.16. The summed E-state index contributed by atoms with van der Waals surface area (Å²) in [6.07, 6.45) is 5.53. The Morgan fingerprint density at radius 3 is 2.72 bits per heavy atom. The van der Waals surface area contributed by atoms with Crippen LogP contribution in [0.5, 0.6) is 0 Å². The van der Waals surface area contributed by atoms with Gasteiger partial charge in [-0.3, -0.25) is 14.2 Å². The van der Waals surface area contributed by atoms with Crippen LogP contribution in [0, 0.1) is 6.92 Å². The third-order valence-corrected chi connectivity index (χ3v) is 4.21. The predicted octanol–water partition coefficient (Wildman–Crippen LogP) is 2.38. The molecule has 0 saturated heterocycles. The lowest BCUT2D eigenvalue weighted by atomic mass is 10.0. The lowest BCUT2D eigenvalue weighted by molar-refractivity contribution is -0.122. The highest BCUT2D eigenvalue weighted by atomic mass is 35.5. The van der Waals surface area contributed by atoms with Gasteiger partial charge in [0, 0.05) is 12.7 Å². The molecule has 1 atom stereocenters. The number of rotatable bonds is 7. The minimum atomic E-state index is -0.120. The summed E-state index contributed by atoms with van der Waals surface area (Å²) in [5.74, 6) is -0.119. The van der Waals surface area contributed by atoms with Crippen molar-refractivity contribution in [1.29, 1.82) is 0 Å². The summed E-state index contributed by atoms with van der Waals surface area (Å²) in [7, 11) is 0. The number of hydrogen-bond donors (Lipinski definition) is 1. The van der Waals surface area contributed by atoms with Gasteiger partial charge in [0.2, 0.25) is 5.91 Å². The van der Waals surface area contributed by atoms with Crippen LogP contribution in [0.3, 0.4) is 0 Å². The maximum Gasteiger partial charge on any atom is 0.242 e. The Morgan fingerprint density at radius 1 is 1.28 bits per heavy atom. The topological polar surface area (TPSA) is 77.6 Å². The molecule has 1 amide bonds. The van der Waals surface area contributed by atoms with E-state index in [2.05, 4.69) is 20.5 Å². The van der Waals surface area contributed by atoms with E-state index in [1.807, 2.05) is 37.3 Å². The Hall–Kier alpha value is -2.67. The Bertz CT molecular complexity index is 796. The van der Waals surface area contributed by atoms with E-state index in [9.17, 15) is 4.79 Å². The smallest absolute Gasteiger partial charge is 0.242 e. The van der Waals surface area contributed by atoms with Crippen LogP contribution in [0.25, 0.3) is 0 Å². The van der Waals surface area contributed by atoms with Gasteiger partial charge >= 0.3 is 0 Å². The number of benzene rings is 1. The van der Waals surface area contributed by atoms with Crippen molar-refractivity contribution in [2.24, 2.45) is 0 Å². The molecule has 0 fully saturated rings. The average Bonchev–Trinajstić information content (AvgIpc) is 3.22. The van der Waals surface area contributed by atoms with Gasteiger partial charge in [0.05, 0.1) is 16.8 Å². The van der Waals surface area contributed by atoms with Crippen molar-refractivity contribution in [2.45, 2.75) is 32.5 Å². The lowest BCUT2D eigenvalue weighted by Gasteiger charge is -2.19. The molecule has 0 aliphatic carbocycles. The van der Waals surface area contributed by atoms with Gasteiger partial charge in [-0.15, -0.1) is 0 Å².